The predicted molar refractivity (Wildman–Crippen MR) is 63.0 cm³/mol. The van der Waals surface area contributed by atoms with Gasteiger partial charge in [-0.25, -0.2) is 4.98 Å². The number of nitriles is 1. The first-order chi connectivity index (χ1) is 7.69. The molecule has 1 aromatic heterocycles. The zero-order valence-corrected chi connectivity index (χ0v) is 9.72. The van der Waals surface area contributed by atoms with Crippen LogP contribution in [0.2, 0.25) is 0 Å². The third-order valence-electron chi connectivity index (χ3n) is 2.45. The third-order valence-corrected chi connectivity index (χ3v) is 2.45. The van der Waals surface area contributed by atoms with Gasteiger partial charge in [0.15, 0.2) is 0 Å². The van der Waals surface area contributed by atoms with Crippen molar-refractivity contribution in [1.82, 2.24) is 4.98 Å². The molecule has 1 aromatic rings. The molecule has 0 aliphatic carbocycles. The molecule has 0 aliphatic heterocycles. The highest BCUT2D eigenvalue weighted by molar-refractivity contribution is 5.41. The number of aliphatic hydroxyl groups excluding tert-OH is 1. The van der Waals surface area contributed by atoms with Gasteiger partial charge < -0.3 is 10.0 Å². The Morgan fingerprint density at radius 1 is 1.62 bits per heavy atom. The van der Waals surface area contributed by atoms with Crippen molar-refractivity contribution in [2.75, 3.05) is 18.0 Å². The molecule has 0 saturated carbocycles. The van der Waals surface area contributed by atoms with Gasteiger partial charge in [-0.3, -0.25) is 0 Å². The van der Waals surface area contributed by atoms with Crippen LogP contribution in [0.3, 0.4) is 0 Å². The molecule has 4 heteroatoms. The highest BCUT2D eigenvalue weighted by atomic mass is 16.3. The fourth-order valence-corrected chi connectivity index (χ4v) is 1.49. The average Bonchev–Trinajstić information content (AvgIpc) is 2.30. The van der Waals surface area contributed by atoms with Crippen molar-refractivity contribution < 1.29 is 5.11 Å². The first-order valence-electron chi connectivity index (χ1n) is 5.45. The Morgan fingerprint density at radius 2 is 2.38 bits per heavy atom. The Labute approximate surface area is 96.2 Å². The molecule has 0 spiro atoms. The minimum Gasteiger partial charge on any atom is -0.389 e. The van der Waals surface area contributed by atoms with Crippen LogP contribution < -0.4 is 4.90 Å². The maximum atomic E-state index is 9.48. The molecule has 0 radical (unpaired) electrons. The van der Waals surface area contributed by atoms with Crippen LogP contribution >= 0.6 is 0 Å². The summed E-state index contributed by atoms with van der Waals surface area (Å²) in [7, 11) is 0. The lowest BCUT2D eigenvalue weighted by molar-refractivity contribution is 0.199. The summed E-state index contributed by atoms with van der Waals surface area (Å²) >= 11 is 0. The van der Waals surface area contributed by atoms with E-state index in [1.165, 1.54) is 0 Å². The van der Waals surface area contributed by atoms with E-state index in [1.807, 2.05) is 17.9 Å². The van der Waals surface area contributed by atoms with Crippen molar-refractivity contribution in [2.24, 2.45) is 0 Å². The molecule has 0 amide bonds. The van der Waals surface area contributed by atoms with Gasteiger partial charge in [0.2, 0.25) is 0 Å². The summed E-state index contributed by atoms with van der Waals surface area (Å²) in [5.41, 5.74) is 0.848. The van der Waals surface area contributed by atoms with Gasteiger partial charge in [0.25, 0.3) is 0 Å². The second-order valence-electron chi connectivity index (χ2n) is 3.61. The van der Waals surface area contributed by atoms with Gasteiger partial charge in [-0.05, 0) is 31.5 Å². The number of hydrogen-bond acceptors (Lipinski definition) is 4. The van der Waals surface area contributed by atoms with Crippen molar-refractivity contribution >= 4 is 5.82 Å². The van der Waals surface area contributed by atoms with Crippen molar-refractivity contribution in [1.29, 1.82) is 5.26 Å². The topological polar surface area (TPSA) is 60.2 Å². The molecule has 4 nitrogen and oxygen atoms in total. The van der Waals surface area contributed by atoms with Crippen LogP contribution in [-0.2, 0) is 0 Å². The third kappa shape index (κ3) is 3.21. The first kappa shape index (κ1) is 12.5. The zero-order chi connectivity index (χ0) is 12.0. The molecular formula is C12H17N3O. The summed E-state index contributed by atoms with van der Waals surface area (Å²) in [5, 5.41) is 18.0. The van der Waals surface area contributed by atoms with Crippen LogP contribution in [0.1, 0.15) is 31.9 Å². The standard InChI is InChI=1S/C12H17N3O/c1-3-15(8-4-6-13)12-9-11(10(2)16)5-7-14-12/h5,7,9-10,16H,3-4,8H2,1-2H3/t10-/m1/s1. The lowest BCUT2D eigenvalue weighted by Gasteiger charge is -2.21. The number of pyridine rings is 1. The van der Waals surface area contributed by atoms with Crippen molar-refractivity contribution in [3.63, 3.8) is 0 Å². The second-order valence-corrected chi connectivity index (χ2v) is 3.61. The monoisotopic (exact) mass is 219 g/mol. The van der Waals surface area contributed by atoms with Gasteiger partial charge >= 0.3 is 0 Å². The fraction of sp³-hybridized carbons (Fsp3) is 0.500. The van der Waals surface area contributed by atoms with Gasteiger partial charge in [-0.1, -0.05) is 0 Å². The molecule has 0 fully saturated rings. The van der Waals surface area contributed by atoms with Crippen LogP contribution in [0.15, 0.2) is 18.3 Å². The van der Waals surface area contributed by atoms with E-state index in [-0.39, 0.29) is 0 Å². The van der Waals surface area contributed by atoms with Crippen LogP contribution in [0.4, 0.5) is 5.82 Å². The number of aliphatic hydroxyl groups is 1. The Kier molecular flexibility index (Phi) is 4.74. The zero-order valence-electron chi connectivity index (χ0n) is 9.72. The summed E-state index contributed by atoms with van der Waals surface area (Å²) in [6.07, 6.45) is 1.68. The fourth-order valence-electron chi connectivity index (χ4n) is 1.49. The largest absolute Gasteiger partial charge is 0.389 e. The van der Waals surface area contributed by atoms with Crippen molar-refractivity contribution in [3.05, 3.63) is 23.9 Å². The summed E-state index contributed by atoms with van der Waals surface area (Å²) in [4.78, 5) is 6.27. The van der Waals surface area contributed by atoms with Crippen LogP contribution in [0, 0.1) is 11.3 Å². The van der Waals surface area contributed by atoms with Gasteiger partial charge in [0.05, 0.1) is 18.6 Å². The van der Waals surface area contributed by atoms with Gasteiger partial charge in [-0.2, -0.15) is 5.26 Å². The predicted octanol–water partition coefficient (Wildman–Crippen LogP) is 1.87. The minimum atomic E-state index is -0.489. The molecule has 0 bridgehead atoms. The number of aromatic nitrogens is 1. The van der Waals surface area contributed by atoms with E-state index in [0.29, 0.717) is 13.0 Å². The quantitative estimate of drug-likeness (QED) is 0.821. The molecule has 0 saturated heterocycles. The van der Waals surface area contributed by atoms with Gasteiger partial charge in [0, 0.05) is 19.3 Å². The van der Waals surface area contributed by atoms with Crippen LogP contribution in [0.25, 0.3) is 0 Å². The smallest absolute Gasteiger partial charge is 0.128 e. The molecule has 0 aromatic carbocycles. The number of anilines is 1. The Bertz CT molecular complexity index is 371. The summed E-state index contributed by atoms with van der Waals surface area (Å²) in [5.74, 6) is 0.816. The highest BCUT2D eigenvalue weighted by Crippen LogP contribution is 2.17. The van der Waals surface area contributed by atoms with E-state index in [2.05, 4.69) is 11.1 Å². The van der Waals surface area contributed by atoms with Gasteiger partial charge in [0.1, 0.15) is 5.82 Å². The Balaban J connectivity index is 2.84. The molecule has 0 unspecified atom stereocenters. The average molecular weight is 219 g/mol. The van der Waals surface area contributed by atoms with Crippen molar-refractivity contribution in [3.8, 4) is 6.07 Å². The molecule has 1 rings (SSSR count). The number of nitrogens with zero attached hydrogens (tertiary/aromatic N) is 3. The van der Waals surface area contributed by atoms with Crippen LogP contribution in [-0.4, -0.2) is 23.2 Å². The molecule has 1 N–H and O–H groups in total. The van der Waals surface area contributed by atoms with E-state index >= 15 is 0 Å². The molecular weight excluding hydrogens is 202 g/mol. The second kappa shape index (κ2) is 6.09. The Hall–Kier alpha value is -1.60. The Morgan fingerprint density at radius 3 is 2.94 bits per heavy atom. The summed E-state index contributed by atoms with van der Waals surface area (Å²) < 4.78 is 0. The van der Waals surface area contributed by atoms with E-state index in [4.69, 9.17) is 5.26 Å². The molecule has 16 heavy (non-hydrogen) atoms. The van der Waals surface area contributed by atoms with E-state index in [1.54, 1.807) is 19.2 Å². The molecule has 0 aliphatic rings. The van der Waals surface area contributed by atoms with E-state index in [9.17, 15) is 5.11 Å². The summed E-state index contributed by atoms with van der Waals surface area (Å²) in [6, 6.07) is 5.79. The molecule has 86 valence electrons. The molecule has 1 atom stereocenters. The normalized spacial score (nSPS) is 11.9. The van der Waals surface area contributed by atoms with E-state index in [0.717, 1.165) is 17.9 Å². The number of rotatable bonds is 5. The van der Waals surface area contributed by atoms with Gasteiger partial charge in [-0.15, -0.1) is 0 Å². The lowest BCUT2D eigenvalue weighted by Crippen LogP contribution is -2.24. The van der Waals surface area contributed by atoms with Crippen LogP contribution in [0.5, 0.6) is 0 Å². The maximum Gasteiger partial charge on any atom is 0.128 e. The SMILES string of the molecule is CCN(CCC#N)c1cc([C@@H](C)O)ccn1. The first-order valence-corrected chi connectivity index (χ1v) is 5.45. The van der Waals surface area contributed by atoms with Crippen molar-refractivity contribution in [2.45, 2.75) is 26.4 Å². The number of hydrogen-bond donors (Lipinski definition) is 1. The lowest BCUT2D eigenvalue weighted by atomic mass is 10.1. The highest BCUT2D eigenvalue weighted by Gasteiger charge is 2.08. The maximum absolute atomic E-state index is 9.48. The minimum absolute atomic E-state index is 0.481. The van der Waals surface area contributed by atoms with E-state index < -0.39 is 6.10 Å². The molecule has 1 heterocycles. The summed E-state index contributed by atoms with van der Waals surface area (Å²) in [6.45, 7) is 5.22.